The van der Waals surface area contributed by atoms with Gasteiger partial charge in [0.2, 0.25) is 5.91 Å². The van der Waals surface area contributed by atoms with Crippen LogP contribution in [0.4, 0.5) is 13.2 Å². The molecule has 0 aromatic carbocycles. The van der Waals surface area contributed by atoms with Crippen molar-refractivity contribution < 1.29 is 31.5 Å². The fourth-order valence-corrected chi connectivity index (χ4v) is 7.30. The molecule has 1 aromatic heterocycles. The molecule has 1 aromatic rings. The molecule has 33 heavy (non-hydrogen) atoms. The monoisotopic (exact) mass is 489 g/mol. The minimum absolute atomic E-state index is 0.00457. The van der Waals surface area contributed by atoms with Crippen molar-refractivity contribution in [3.63, 3.8) is 0 Å². The molecule has 11 heteroatoms. The molecule has 4 atom stereocenters. The Morgan fingerprint density at radius 3 is 2.67 bits per heavy atom. The molecule has 3 heterocycles. The van der Waals surface area contributed by atoms with E-state index in [1.165, 1.54) is 0 Å². The number of aromatic nitrogens is 1. The predicted octanol–water partition coefficient (Wildman–Crippen LogP) is 1.93. The van der Waals surface area contributed by atoms with E-state index in [0.29, 0.717) is 43.5 Å². The van der Waals surface area contributed by atoms with Gasteiger partial charge in [-0.1, -0.05) is 13.8 Å². The summed E-state index contributed by atoms with van der Waals surface area (Å²) in [7, 11) is -3.28. The lowest BCUT2D eigenvalue weighted by molar-refractivity contribution is -0.146. The molecule has 2 aliphatic heterocycles. The Morgan fingerprint density at radius 2 is 2.06 bits per heavy atom. The minimum atomic E-state index is -4.49. The molecule has 1 saturated carbocycles. The topological polar surface area (TPSA) is 99.6 Å². The molecule has 4 unspecified atom stereocenters. The van der Waals surface area contributed by atoms with Crippen LogP contribution in [-0.4, -0.2) is 65.6 Å². The number of nitrogens with zero attached hydrogens (tertiary/aromatic N) is 2. The molecule has 0 bridgehead atoms. The highest BCUT2D eigenvalue weighted by atomic mass is 32.2. The van der Waals surface area contributed by atoms with Crippen LogP contribution in [0.15, 0.2) is 12.3 Å². The maximum atomic E-state index is 13.7. The van der Waals surface area contributed by atoms with E-state index in [1.54, 1.807) is 4.90 Å². The highest BCUT2D eigenvalue weighted by Crippen LogP contribution is 2.47. The number of hydrogen-bond donors (Lipinski definition) is 2. The van der Waals surface area contributed by atoms with Crippen LogP contribution in [0.1, 0.15) is 49.9 Å². The number of rotatable bonds is 4. The molecule has 0 spiro atoms. The Kier molecular flexibility index (Phi) is 6.28. The third-order valence-electron chi connectivity index (χ3n) is 7.51. The number of carbonyl (C=O) groups is 1. The zero-order valence-electron chi connectivity index (χ0n) is 18.7. The van der Waals surface area contributed by atoms with Crippen LogP contribution in [0.25, 0.3) is 0 Å². The molecule has 3 aliphatic rings. The van der Waals surface area contributed by atoms with E-state index in [1.807, 2.05) is 13.8 Å². The van der Waals surface area contributed by atoms with Crippen molar-refractivity contribution in [2.75, 3.05) is 18.1 Å². The van der Waals surface area contributed by atoms with E-state index < -0.39 is 39.1 Å². The van der Waals surface area contributed by atoms with Crippen LogP contribution >= 0.6 is 0 Å². The fourth-order valence-electron chi connectivity index (χ4n) is 5.54. The molecular formula is C22H30F3N3O4S. The number of halogens is 3. The second kappa shape index (κ2) is 8.49. The van der Waals surface area contributed by atoms with Crippen LogP contribution < -0.4 is 5.32 Å². The first-order chi connectivity index (χ1) is 15.3. The summed E-state index contributed by atoms with van der Waals surface area (Å²) in [6, 6.07) is 0.428. The second-order valence-electron chi connectivity index (χ2n) is 9.97. The summed E-state index contributed by atoms with van der Waals surface area (Å²) < 4.78 is 63.0. The lowest BCUT2D eigenvalue weighted by atomic mass is 9.74. The van der Waals surface area contributed by atoms with Gasteiger partial charge in [-0.05, 0) is 36.8 Å². The zero-order valence-corrected chi connectivity index (χ0v) is 19.5. The SMILES string of the molecule is CC(C)C1(C(=O)N2CCc3ncc(C(F)(F)F)cc3C2)CCC(NC2CS(=O)(=O)CC2O)C1. The Hall–Kier alpha value is -1.72. The Labute approximate surface area is 191 Å². The standard InChI is InChI=1S/C22H30F3N3O4S/c1-13(2)21(5-3-16(8-21)27-18-11-33(31,32)12-19(18)29)20(30)28-6-4-17-14(10-28)7-15(9-26-17)22(23,24)25/h7,9,13,16,18-19,27,29H,3-6,8,10-12H2,1-2H3. The number of amides is 1. The van der Waals surface area contributed by atoms with Gasteiger partial charge in [0.1, 0.15) is 0 Å². The van der Waals surface area contributed by atoms with E-state index in [0.717, 1.165) is 12.3 Å². The van der Waals surface area contributed by atoms with Crippen molar-refractivity contribution in [3.8, 4) is 0 Å². The first-order valence-electron chi connectivity index (χ1n) is 11.3. The summed E-state index contributed by atoms with van der Waals surface area (Å²) in [4.78, 5) is 19.3. The number of carbonyl (C=O) groups excluding carboxylic acids is 1. The van der Waals surface area contributed by atoms with Crippen LogP contribution in [-0.2, 0) is 33.8 Å². The van der Waals surface area contributed by atoms with Crippen LogP contribution in [0.3, 0.4) is 0 Å². The Bertz CT molecular complexity index is 1030. The molecule has 1 amide bonds. The second-order valence-corrected chi connectivity index (χ2v) is 12.1. The average Bonchev–Trinajstić information content (AvgIpc) is 3.26. The van der Waals surface area contributed by atoms with Gasteiger partial charge in [0, 0.05) is 43.5 Å². The first-order valence-corrected chi connectivity index (χ1v) is 13.1. The highest BCUT2D eigenvalue weighted by molar-refractivity contribution is 7.91. The van der Waals surface area contributed by atoms with E-state index in [2.05, 4.69) is 10.3 Å². The number of nitrogens with one attached hydrogen (secondary N) is 1. The van der Waals surface area contributed by atoms with Gasteiger partial charge in [-0.2, -0.15) is 13.2 Å². The maximum absolute atomic E-state index is 13.7. The average molecular weight is 490 g/mol. The molecule has 184 valence electrons. The van der Waals surface area contributed by atoms with Gasteiger partial charge in [-0.15, -0.1) is 0 Å². The van der Waals surface area contributed by atoms with Gasteiger partial charge in [-0.25, -0.2) is 8.42 Å². The van der Waals surface area contributed by atoms with E-state index >= 15 is 0 Å². The summed E-state index contributed by atoms with van der Waals surface area (Å²) in [5.74, 6) is -0.461. The summed E-state index contributed by atoms with van der Waals surface area (Å²) >= 11 is 0. The lowest BCUT2D eigenvalue weighted by Crippen LogP contribution is -2.49. The maximum Gasteiger partial charge on any atom is 0.417 e. The van der Waals surface area contributed by atoms with Crippen LogP contribution in [0.2, 0.25) is 0 Å². The molecule has 2 N–H and O–H groups in total. The summed E-state index contributed by atoms with van der Waals surface area (Å²) in [5.41, 5.74) is -0.486. The number of alkyl halides is 3. The number of hydrogen-bond acceptors (Lipinski definition) is 6. The van der Waals surface area contributed by atoms with Crippen molar-refractivity contribution >= 4 is 15.7 Å². The number of pyridine rings is 1. The fraction of sp³-hybridized carbons (Fsp3) is 0.727. The van der Waals surface area contributed by atoms with Crippen molar-refractivity contribution in [1.82, 2.24) is 15.2 Å². The number of sulfone groups is 1. The molecule has 0 radical (unpaired) electrons. The van der Waals surface area contributed by atoms with Crippen LogP contribution in [0, 0.1) is 11.3 Å². The van der Waals surface area contributed by atoms with Crippen LogP contribution in [0.5, 0.6) is 0 Å². The summed E-state index contributed by atoms with van der Waals surface area (Å²) in [5, 5.41) is 13.4. The predicted molar refractivity (Wildman–Crippen MR) is 115 cm³/mol. The Morgan fingerprint density at radius 1 is 1.33 bits per heavy atom. The summed E-state index contributed by atoms with van der Waals surface area (Å²) in [6.07, 6.45) is -2.45. The van der Waals surface area contributed by atoms with Gasteiger partial charge < -0.3 is 15.3 Å². The van der Waals surface area contributed by atoms with Crippen molar-refractivity contribution in [2.45, 2.75) is 70.4 Å². The van der Waals surface area contributed by atoms with Gasteiger partial charge in [0.25, 0.3) is 0 Å². The normalized spacial score (nSPS) is 31.7. The first kappa shape index (κ1) is 24.4. The molecule has 7 nitrogen and oxygen atoms in total. The molecule has 1 saturated heterocycles. The third kappa shape index (κ3) is 4.77. The molecular weight excluding hydrogens is 459 g/mol. The van der Waals surface area contributed by atoms with Gasteiger partial charge in [0.05, 0.1) is 28.6 Å². The van der Waals surface area contributed by atoms with E-state index in [9.17, 15) is 31.5 Å². The number of fused-ring (bicyclic) bond motifs is 1. The third-order valence-corrected chi connectivity index (χ3v) is 9.22. The van der Waals surface area contributed by atoms with Gasteiger partial charge in [-0.3, -0.25) is 9.78 Å². The quantitative estimate of drug-likeness (QED) is 0.671. The van der Waals surface area contributed by atoms with E-state index in [4.69, 9.17) is 0 Å². The molecule has 2 fully saturated rings. The summed E-state index contributed by atoms with van der Waals surface area (Å²) in [6.45, 7) is 4.43. The largest absolute Gasteiger partial charge is 0.417 e. The van der Waals surface area contributed by atoms with Gasteiger partial charge in [0.15, 0.2) is 9.84 Å². The lowest BCUT2D eigenvalue weighted by Gasteiger charge is -2.39. The van der Waals surface area contributed by atoms with Gasteiger partial charge >= 0.3 is 6.18 Å². The number of aliphatic hydroxyl groups is 1. The van der Waals surface area contributed by atoms with Crippen molar-refractivity contribution in [1.29, 1.82) is 0 Å². The number of aliphatic hydroxyl groups excluding tert-OH is 1. The molecule has 1 aliphatic carbocycles. The van der Waals surface area contributed by atoms with Crippen molar-refractivity contribution in [2.24, 2.45) is 11.3 Å². The van der Waals surface area contributed by atoms with E-state index in [-0.39, 0.29) is 35.9 Å². The van der Waals surface area contributed by atoms with Crippen molar-refractivity contribution in [3.05, 3.63) is 29.1 Å². The minimum Gasteiger partial charge on any atom is -0.390 e. The highest BCUT2D eigenvalue weighted by Gasteiger charge is 2.50. The smallest absolute Gasteiger partial charge is 0.390 e. The zero-order chi connectivity index (χ0) is 24.2. The Balaban J connectivity index is 1.49. The molecule has 4 rings (SSSR count).